The van der Waals surface area contributed by atoms with E-state index >= 15 is 0 Å². The Kier molecular flexibility index (Phi) is 5.72. The van der Waals surface area contributed by atoms with Crippen molar-refractivity contribution in [3.63, 3.8) is 0 Å². The van der Waals surface area contributed by atoms with Crippen molar-refractivity contribution in [2.24, 2.45) is 5.92 Å². The van der Waals surface area contributed by atoms with Crippen LogP contribution in [-0.2, 0) is 4.79 Å². The second-order valence-electron chi connectivity index (χ2n) is 5.46. The standard InChI is InChI=1S/C16H22ClNO2/c1-12(20-15-9-7-14(17)8-10-15)16(19)18-11-13-5-3-2-4-6-13/h7-10,12-13H,2-6,11H2,1H3,(H,18,19). The molecule has 0 saturated heterocycles. The third-order valence-electron chi connectivity index (χ3n) is 3.79. The van der Waals surface area contributed by atoms with Crippen LogP contribution in [0.5, 0.6) is 5.75 Å². The highest BCUT2D eigenvalue weighted by Crippen LogP contribution is 2.22. The SMILES string of the molecule is CC(Oc1ccc(Cl)cc1)C(=O)NCC1CCCCC1. The molecule has 0 bridgehead atoms. The zero-order valence-corrected chi connectivity index (χ0v) is 12.7. The molecule has 1 aromatic carbocycles. The van der Waals surface area contributed by atoms with Crippen molar-refractivity contribution in [2.75, 3.05) is 6.54 Å². The van der Waals surface area contributed by atoms with E-state index in [0.29, 0.717) is 16.7 Å². The van der Waals surface area contributed by atoms with Crippen LogP contribution in [0.1, 0.15) is 39.0 Å². The Morgan fingerprint density at radius 3 is 2.60 bits per heavy atom. The molecule has 1 aromatic rings. The number of halogens is 1. The maximum absolute atomic E-state index is 12.0. The summed E-state index contributed by atoms with van der Waals surface area (Å²) in [6, 6.07) is 7.05. The average molecular weight is 296 g/mol. The number of nitrogens with one attached hydrogen (secondary N) is 1. The molecule has 1 N–H and O–H groups in total. The van der Waals surface area contributed by atoms with Gasteiger partial charge in [0.2, 0.25) is 0 Å². The molecule has 0 aromatic heterocycles. The molecule has 1 aliphatic carbocycles. The first-order valence-electron chi connectivity index (χ1n) is 7.35. The van der Waals surface area contributed by atoms with Crippen LogP contribution in [-0.4, -0.2) is 18.6 Å². The van der Waals surface area contributed by atoms with Crippen LogP contribution in [0.4, 0.5) is 0 Å². The minimum absolute atomic E-state index is 0.0504. The number of benzene rings is 1. The lowest BCUT2D eigenvalue weighted by atomic mass is 9.89. The topological polar surface area (TPSA) is 38.3 Å². The molecule has 20 heavy (non-hydrogen) atoms. The monoisotopic (exact) mass is 295 g/mol. The summed E-state index contributed by atoms with van der Waals surface area (Å²) in [5.74, 6) is 1.25. The van der Waals surface area contributed by atoms with Crippen LogP contribution in [0, 0.1) is 5.92 Å². The van der Waals surface area contributed by atoms with Crippen LogP contribution >= 0.6 is 11.6 Å². The van der Waals surface area contributed by atoms with E-state index in [9.17, 15) is 4.79 Å². The van der Waals surface area contributed by atoms with Crippen LogP contribution in [0.15, 0.2) is 24.3 Å². The Bertz CT molecular complexity index is 427. The molecule has 110 valence electrons. The molecular formula is C16H22ClNO2. The molecule has 1 fully saturated rings. The summed E-state index contributed by atoms with van der Waals surface area (Å²) in [5, 5.41) is 3.65. The number of ether oxygens (including phenoxy) is 1. The Hall–Kier alpha value is -1.22. The molecule has 1 aliphatic rings. The Morgan fingerprint density at radius 2 is 1.95 bits per heavy atom. The highest BCUT2D eigenvalue weighted by molar-refractivity contribution is 6.30. The molecule has 1 atom stereocenters. The van der Waals surface area contributed by atoms with Crippen LogP contribution in [0.2, 0.25) is 5.02 Å². The third kappa shape index (κ3) is 4.71. The zero-order chi connectivity index (χ0) is 14.4. The summed E-state index contributed by atoms with van der Waals surface area (Å²) in [4.78, 5) is 12.0. The molecule has 1 unspecified atom stereocenters. The van der Waals surface area contributed by atoms with Gasteiger partial charge in [-0.25, -0.2) is 0 Å². The minimum atomic E-state index is -0.486. The van der Waals surface area contributed by atoms with E-state index in [4.69, 9.17) is 16.3 Å². The summed E-state index contributed by atoms with van der Waals surface area (Å²) < 4.78 is 5.60. The van der Waals surface area contributed by atoms with Gasteiger partial charge in [0.1, 0.15) is 5.75 Å². The van der Waals surface area contributed by atoms with Gasteiger partial charge in [-0.2, -0.15) is 0 Å². The van der Waals surface area contributed by atoms with Crippen LogP contribution in [0.25, 0.3) is 0 Å². The summed E-state index contributed by atoms with van der Waals surface area (Å²) in [6.45, 7) is 2.54. The first-order valence-corrected chi connectivity index (χ1v) is 7.73. The van der Waals surface area contributed by atoms with E-state index in [-0.39, 0.29) is 5.91 Å². The maximum Gasteiger partial charge on any atom is 0.260 e. The van der Waals surface area contributed by atoms with E-state index in [2.05, 4.69) is 5.32 Å². The normalized spacial score (nSPS) is 17.5. The van der Waals surface area contributed by atoms with Gasteiger partial charge in [0.05, 0.1) is 0 Å². The van der Waals surface area contributed by atoms with E-state index in [1.807, 2.05) is 0 Å². The number of hydrogen-bond acceptors (Lipinski definition) is 2. The predicted octanol–water partition coefficient (Wildman–Crippen LogP) is 3.80. The zero-order valence-electron chi connectivity index (χ0n) is 11.9. The van der Waals surface area contributed by atoms with Crippen molar-refractivity contribution in [3.8, 4) is 5.75 Å². The number of rotatable bonds is 5. The Balaban J connectivity index is 1.75. The first kappa shape index (κ1) is 15.2. The fourth-order valence-electron chi connectivity index (χ4n) is 2.55. The average Bonchev–Trinajstić information content (AvgIpc) is 2.48. The van der Waals surface area contributed by atoms with Gasteiger partial charge < -0.3 is 10.1 Å². The highest BCUT2D eigenvalue weighted by atomic mass is 35.5. The third-order valence-corrected chi connectivity index (χ3v) is 4.04. The fraction of sp³-hybridized carbons (Fsp3) is 0.562. The molecule has 4 heteroatoms. The van der Waals surface area contributed by atoms with Gasteiger partial charge in [0.15, 0.2) is 6.10 Å². The summed E-state index contributed by atoms with van der Waals surface area (Å²) >= 11 is 5.81. The summed E-state index contributed by atoms with van der Waals surface area (Å²) in [5.41, 5.74) is 0. The van der Waals surface area contributed by atoms with Crippen molar-refractivity contribution in [2.45, 2.75) is 45.1 Å². The van der Waals surface area contributed by atoms with Gasteiger partial charge in [0, 0.05) is 11.6 Å². The lowest BCUT2D eigenvalue weighted by molar-refractivity contribution is -0.127. The minimum Gasteiger partial charge on any atom is -0.481 e. The molecule has 0 heterocycles. The van der Waals surface area contributed by atoms with Gasteiger partial charge in [-0.1, -0.05) is 30.9 Å². The van der Waals surface area contributed by atoms with Gasteiger partial charge in [-0.3, -0.25) is 4.79 Å². The smallest absolute Gasteiger partial charge is 0.260 e. The summed E-state index contributed by atoms with van der Waals surface area (Å²) in [6.07, 6.45) is 5.88. The van der Waals surface area contributed by atoms with E-state index in [1.165, 1.54) is 32.1 Å². The Morgan fingerprint density at radius 1 is 1.30 bits per heavy atom. The Labute approximate surface area is 125 Å². The molecule has 0 radical (unpaired) electrons. The molecule has 1 amide bonds. The van der Waals surface area contributed by atoms with Gasteiger partial charge >= 0.3 is 0 Å². The number of carbonyl (C=O) groups is 1. The van der Waals surface area contributed by atoms with Crippen molar-refractivity contribution in [1.82, 2.24) is 5.32 Å². The second-order valence-corrected chi connectivity index (χ2v) is 5.90. The second kappa shape index (κ2) is 7.53. The fourth-order valence-corrected chi connectivity index (χ4v) is 2.68. The largest absolute Gasteiger partial charge is 0.481 e. The first-order chi connectivity index (χ1) is 9.65. The molecule has 0 spiro atoms. The van der Waals surface area contributed by atoms with Crippen molar-refractivity contribution >= 4 is 17.5 Å². The van der Waals surface area contributed by atoms with Gasteiger partial charge in [-0.15, -0.1) is 0 Å². The molecule has 3 nitrogen and oxygen atoms in total. The van der Waals surface area contributed by atoms with E-state index < -0.39 is 6.10 Å². The number of hydrogen-bond donors (Lipinski definition) is 1. The predicted molar refractivity (Wildman–Crippen MR) is 81.1 cm³/mol. The lowest BCUT2D eigenvalue weighted by Gasteiger charge is -2.22. The van der Waals surface area contributed by atoms with Crippen molar-refractivity contribution in [1.29, 1.82) is 0 Å². The molecule has 0 aliphatic heterocycles. The maximum atomic E-state index is 12.0. The number of carbonyl (C=O) groups excluding carboxylic acids is 1. The van der Waals surface area contributed by atoms with Crippen LogP contribution < -0.4 is 10.1 Å². The highest BCUT2D eigenvalue weighted by Gasteiger charge is 2.18. The van der Waals surface area contributed by atoms with Crippen LogP contribution in [0.3, 0.4) is 0 Å². The molecular weight excluding hydrogens is 274 g/mol. The molecule has 1 saturated carbocycles. The van der Waals surface area contributed by atoms with E-state index in [1.54, 1.807) is 31.2 Å². The lowest BCUT2D eigenvalue weighted by Crippen LogP contribution is -2.39. The number of amides is 1. The van der Waals surface area contributed by atoms with Gasteiger partial charge in [-0.05, 0) is 49.9 Å². The van der Waals surface area contributed by atoms with Crippen molar-refractivity contribution in [3.05, 3.63) is 29.3 Å². The van der Waals surface area contributed by atoms with Crippen molar-refractivity contribution < 1.29 is 9.53 Å². The quantitative estimate of drug-likeness (QED) is 0.897. The van der Waals surface area contributed by atoms with E-state index in [0.717, 1.165) is 6.54 Å². The van der Waals surface area contributed by atoms with Gasteiger partial charge in [0.25, 0.3) is 5.91 Å². The molecule has 2 rings (SSSR count). The summed E-state index contributed by atoms with van der Waals surface area (Å²) in [7, 11) is 0.